The lowest BCUT2D eigenvalue weighted by molar-refractivity contribution is 0.0760. The van der Waals surface area contributed by atoms with Gasteiger partial charge in [-0.2, -0.15) is 0 Å². The van der Waals surface area contributed by atoms with Crippen molar-refractivity contribution in [2.24, 2.45) is 5.73 Å². The Hall–Kier alpha value is -0.690. The predicted octanol–water partition coefficient (Wildman–Crippen LogP) is 4.01. The van der Waals surface area contributed by atoms with E-state index < -0.39 is 0 Å². The zero-order valence-corrected chi connectivity index (χ0v) is 17.1. The Morgan fingerprint density at radius 1 is 1.28 bits per heavy atom. The van der Waals surface area contributed by atoms with E-state index in [1.165, 1.54) is 5.56 Å². The van der Waals surface area contributed by atoms with Crippen molar-refractivity contribution in [1.29, 1.82) is 0 Å². The minimum absolute atomic E-state index is 0. The summed E-state index contributed by atoms with van der Waals surface area (Å²) in [6.45, 7) is 7.58. The van der Waals surface area contributed by atoms with Crippen LogP contribution in [-0.2, 0) is 11.3 Å². The van der Waals surface area contributed by atoms with Crippen LogP contribution < -0.4 is 5.73 Å². The molecule has 25 heavy (non-hydrogen) atoms. The van der Waals surface area contributed by atoms with Crippen LogP contribution in [0.15, 0.2) is 35.7 Å². The Balaban J connectivity index is 0.00000156. The summed E-state index contributed by atoms with van der Waals surface area (Å²) in [5.74, 6) is 0.414. The lowest BCUT2D eigenvalue weighted by Gasteiger charge is -2.15. The second-order valence-corrected chi connectivity index (χ2v) is 7.04. The van der Waals surface area contributed by atoms with Crippen LogP contribution >= 0.6 is 36.2 Å². The first kappa shape index (κ1) is 22.4. The molecule has 0 radical (unpaired) electrons. The normalized spacial score (nSPS) is 21.4. The van der Waals surface area contributed by atoms with E-state index in [0.29, 0.717) is 5.92 Å². The van der Waals surface area contributed by atoms with Crippen LogP contribution in [-0.4, -0.2) is 35.6 Å². The molecule has 1 aliphatic rings. The Labute approximate surface area is 166 Å². The summed E-state index contributed by atoms with van der Waals surface area (Å²) in [5, 5.41) is 3.21. The molecule has 2 heterocycles. The van der Waals surface area contributed by atoms with Gasteiger partial charge in [-0.1, -0.05) is 30.3 Å². The zero-order valence-electron chi connectivity index (χ0n) is 14.6. The lowest BCUT2D eigenvalue weighted by atomic mass is 9.95. The lowest BCUT2D eigenvalue weighted by Crippen LogP contribution is -2.28. The van der Waals surface area contributed by atoms with Gasteiger partial charge in [-0.05, 0) is 19.4 Å². The molecule has 0 aliphatic carbocycles. The highest BCUT2D eigenvalue weighted by Gasteiger charge is 2.31. The first-order chi connectivity index (χ1) is 11.2. The number of thiazole rings is 1. The summed E-state index contributed by atoms with van der Waals surface area (Å²) in [6, 6.07) is 10.8. The molecule has 7 heteroatoms. The minimum atomic E-state index is 0. The molecular formula is C18H27Cl2N3OS. The summed E-state index contributed by atoms with van der Waals surface area (Å²) in [4.78, 5) is 7.14. The van der Waals surface area contributed by atoms with Gasteiger partial charge in [-0.3, -0.25) is 4.90 Å². The Morgan fingerprint density at radius 2 is 2.00 bits per heavy atom. The number of ether oxygens (including phenoxy) is 1. The monoisotopic (exact) mass is 403 g/mol. The molecule has 0 amide bonds. The molecule has 0 bridgehead atoms. The highest BCUT2D eigenvalue weighted by molar-refractivity contribution is 7.09. The smallest absolute Gasteiger partial charge is 0.122 e. The van der Waals surface area contributed by atoms with Gasteiger partial charge in [0.15, 0.2) is 0 Å². The van der Waals surface area contributed by atoms with Crippen molar-refractivity contribution >= 4 is 36.2 Å². The molecule has 1 aliphatic heterocycles. The van der Waals surface area contributed by atoms with E-state index in [9.17, 15) is 0 Å². The predicted molar refractivity (Wildman–Crippen MR) is 109 cm³/mol. The molecule has 3 rings (SSSR count). The Morgan fingerprint density at radius 3 is 2.68 bits per heavy atom. The van der Waals surface area contributed by atoms with Crippen molar-refractivity contribution in [3.8, 4) is 0 Å². The second kappa shape index (κ2) is 10.5. The average molecular weight is 404 g/mol. The maximum Gasteiger partial charge on any atom is 0.122 e. The fourth-order valence-electron chi connectivity index (χ4n) is 3.23. The van der Waals surface area contributed by atoms with Crippen molar-refractivity contribution in [3.05, 3.63) is 52.0 Å². The summed E-state index contributed by atoms with van der Waals surface area (Å²) >= 11 is 1.68. The zero-order chi connectivity index (χ0) is 16.2. The number of likely N-dealkylation sites (tertiary alicyclic amines) is 1. The fraction of sp³-hybridized carbons (Fsp3) is 0.500. The fourth-order valence-corrected chi connectivity index (χ4v) is 4.04. The second-order valence-electron chi connectivity index (χ2n) is 6.15. The third-order valence-corrected chi connectivity index (χ3v) is 5.44. The first-order valence-electron chi connectivity index (χ1n) is 8.26. The van der Waals surface area contributed by atoms with Gasteiger partial charge in [0.2, 0.25) is 0 Å². The molecule has 1 saturated heterocycles. The van der Waals surface area contributed by atoms with E-state index >= 15 is 0 Å². The molecule has 1 fully saturated rings. The molecule has 3 atom stereocenters. The number of nitrogens with two attached hydrogens (primary N) is 1. The van der Waals surface area contributed by atoms with Gasteiger partial charge >= 0.3 is 0 Å². The van der Waals surface area contributed by atoms with Crippen LogP contribution in [0.2, 0.25) is 0 Å². The number of hydrogen-bond donors (Lipinski definition) is 1. The molecule has 1 aromatic carbocycles. The molecule has 1 aromatic heterocycles. The van der Waals surface area contributed by atoms with E-state index in [2.05, 4.69) is 47.5 Å². The molecule has 0 saturated carbocycles. The summed E-state index contributed by atoms with van der Waals surface area (Å²) < 4.78 is 5.62. The number of rotatable bonds is 6. The van der Waals surface area contributed by atoms with Gasteiger partial charge in [-0.15, -0.1) is 36.2 Å². The van der Waals surface area contributed by atoms with Crippen molar-refractivity contribution in [1.82, 2.24) is 9.88 Å². The Bertz CT molecular complexity index is 626. The third-order valence-electron chi connectivity index (χ3n) is 4.39. The standard InChI is InChI=1S/C18H25N3OS.2ClH/c1-3-22-13(2)18-20-15(12-23-18)9-21-10-16(17(19)11-21)14-7-5-4-6-8-14;;/h4-8,12-13,16-17H,3,9-11,19H2,1-2H3;2*1H/t13?,16-,17+;;/m0../s1. The van der Waals surface area contributed by atoms with E-state index in [1.54, 1.807) is 11.3 Å². The topological polar surface area (TPSA) is 51.4 Å². The van der Waals surface area contributed by atoms with Gasteiger partial charge < -0.3 is 10.5 Å². The van der Waals surface area contributed by atoms with Gasteiger partial charge in [0.25, 0.3) is 0 Å². The van der Waals surface area contributed by atoms with Gasteiger partial charge in [0.1, 0.15) is 11.1 Å². The molecule has 2 N–H and O–H groups in total. The highest BCUT2D eigenvalue weighted by Crippen LogP contribution is 2.28. The number of benzene rings is 1. The maximum absolute atomic E-state index is 6.37. The summed E-state index contributed by atoms with van der Waals surface area (Å²) in [5.41, 5.74) is 8.83. The van der Waals surface area contributed by atoms with Crippen LogP contribution in [0.1, 0.15) is 42.1 Å². The van der Waals surface area contributed by atoms with Crippen molar-refractivity contribution in [3.63, 3.8) is 0 Å². The number of halogens is 2. The number of nitrogens with zero attached hydrogens (tertiary/aromatic N) is 2. The van der Waals surface area contributed by atoms with Crippen LogP contribution in [0.5, 0.6) is 0 Å². The molecule has 1 unspecified atom stereocenters. The van der Waals surface area contributed by atoms with Gasteiger partial charge in [-0.25, -0.2) is 4.98 Å². The third kappa shape index (κ3) is 5.64. The van der Waals surface area contributed by atoms with E-state index in [0.717, 1.165) is 36.9 Å². The SMILES string of the molecule is CCOC(C)c1nc(CN2C[C@@H](N)[C@H](c3ccccc3)C2)cs1.Cl.Cl. The Kier molecular flexibility index (Phi) is 9.35. The first-order valence-corrected chi connectivity index (χ1v) is 9.14. The van der Waals surface area contributed by atoms with E-state index in [-0.39, 0.29) is 37.0 Å². The van der Waals surface area contributed by atoms with Gasteiger partial charge in [0.05, 0.1) is 5.69 Å². The number of hydrogen-bond acceptors (Lipinski definition) is 5. The van der Waals surface area contributed by atoms with Crippen LogP contribution in [0, 0.1) is 0 Å². The molecule has 4 nitrogen and oxygen atoms in total. The van der Waals surface area contributed by atoms with Crippen LogP contribution in [0.4, 0.5) is 0 Å². The average Bonchev–Trinajstić information content (AvgIpc) is 3.16. The van der Waals surface area contributed by atoms with Crippen molar-refractivity contribution in [2.45, 2.75) is 38.5 Å². The maximum atomic E-state index is 6.37. The minimum Gasteiger partial charge on any atom is -0.372 e. The highest BCUT2D eigenvalue weighted by atomic mass is 35.5. The molecule has 140 valence electrons. The largest absolute Gasteiger partial charge is 0.372 e. The van der Waals surface area contributed by atoms with Crippen molar-refractivity contribution < 1.29 is 4.74 Å². The van der Waals surface area contributed by atoms with Gasteiger partial charge in [0, 0.05) is 43.6 Å². The number of aromatic nitrogens is 1. The van der Waals surface area contributed by atoms with E-state index in [4.69, 9.17) is 15.5 Å². The summed E-state index contributed by atoms with van der Waals surface area (Å²) in [6.07, 6.45) is 0.0802. The summed E-state index contributed by atoms with van der Waals surface area (Å²) in [7, 11) is 0. The van der Waals surface area contributed by atoms with Crippen LogP contribution in [0.3, 0.4) is 0 Å². The molecular weight excluding hydrogens is 377 g/mol. The van der Waals surface area contributed by atoms with Crippen molar-refractivity contribution in [2.75, 3.05) is 19.7 Å². The quantitative estimate of drug-likeness (QED) is 0.791. The van der Waals surface area contributed by atoms with E-state index in [1.807, 2.05) is 6.92 Å². The molecule has 2 aromatic rings. The molecule has 0 spiro atoms. The van der Waals surface area contributed by atoms with Crippen LogP contribution in [0.25, 0.3) is 0 Å².